The molecule has 0 radical (unpaired) electrons. The Morgan fingerprint density at radius 2 is 1.94 bits per heavy atom. The molecule has 0 atom stereocenters. The minimum absolute atomic E-state index is 0.0584. The largest absolute Gasteiger partial charge is 0.321 e. The Balaban J connectivity index is 1.77. The molecule has 0 unspecified atom stereocenters. The zero-order valence-corrected chi connectivity index (χ0v) is 17.6. The van der Waals surface area contributed by atoms with E-state index in [2.05, 4.69) is 10.3 Å². The summed E-state index contributed by atoms with van der Waals surface area (Å²) in [6.45, 7) is 0.158. The van der Waals surface area contributed by atoms with Gasteiger partial charge in [0, 0.05) is 28.7 Å². The van der Waals surface area contributed by atoms with E-state index in [1.54, 1.807) is 42.6 Å². The summed E-state index contributed by atoms with van der Waals surface area (Å²) in [5, 5.41) is 23.9. The third-order valence-corrected chi connectivity index (χ3v) is 5.18. The molecule has 4 aromatic rings. The summed E-state index contributed by atoms with van der Waals surface area (Å²) in [5.41, 5.74) is 0.132. The van der Waals surface area contributed by atoms with E-state index >= 15 is 0 Å². The van der Waals surface area contributed by atoms with Crippen LogP contribution in [0, 0.1) is 21.4 Å². The molecule has 0 saturated carbocycles. The number of fused-ring (bicyclic) bond motifs is 1. The first kappa shape index (κ1) is 21.7. The van der Waals surface area contributed by atoms with Gasteiger partial charge in [-0.25, -0.2) is 4.98 Å². The Labute approximate surface area is 191 Å². The SMILES string of the molecule is N#Cc1cc([N+](=O)[O-])ccc1NC(=O)c1cc2cccnc2n(Cc2ccc(Cl)cc2)c1=O. The van der Waals surface area contributed by atoms with Crippen molar-refractivity contribution in [3.63, 3.8) is 0 Å². The molecule has 0 spiro atoms. The topological polar surface area (TPSA) is 131 Å². The molecular formula is C23H14ClN5O4. The van der Waals surface area contributed by atoms with Gasteiger partial charge in [0.05, 0.1) is 22.7 Å². The molecule has 4 rings (SSSR count). The number of hydrogen-bond acceptors (Lipinski definition) is 6. The summed E-state index contributed by atoms with van der Waals surface area (Å²) in [7, 11) is 0. The van der Waals surface area contributed by atoms with Crippen molar-refractivity contribution in [2.24, 2.45) is 0 Å². The number of hydrogen-bond donors (Lipinski definition) is 1. The standard InChI is InChI=1S/C23H14ClN5O4/c24-17-5-3-14(4-6-17)13-28-21-15(2-1-9-26-21)11-19(23(28)31)22(30)27-20-8-7-18(29(32)33)10-16(20)12-25/h1-11H,13H2,(H,27,30). The van der Waals surface area contributed by atoms with Crippen molar-refractivity contribution >= 4 is 39.9 Å². The summed E-state index contributed by atoms with van der Waals surface area (Å²) in [5.74, 6) is -0.749. The molecule has 0 saturated heterocycles. The van der Waals surface area contributed by atoms with Gasteiger partial charge in [-0.05, 0) is 42.0 Å². The number of anilines is 1. The number of carbonyl (C=O) groups excluding carboxylic acids is 1. The lowest BCUT2D eigenvalue weighted by Gasteiger charge is -2.13. The van der Waals surface area contributed by atoms with Crippen molar-refractivity contribution in [2.75, 3.05) is 5.32 Å². The lowest BCUT2D eigenvalue weighted by molar-refractivity contribution is -0.384. The summed E-state index contributed by atoms with van der Waals surface area (Å²) in [6, 6.07) is 17.1. The smallest absolute Gasteiger partial charge is 0.270 e. The van der Waals surface area contributed by atoms with Crippen LogP contribution in [-0.4, -0.2) is 20.4 Å². The van der Waals surface area contributed by atoms with E-state index in [4.69, 9.17) is 11.6 Å². The Morgan fingerprint density at radius 3 is 2.64 bits per heavy atom. The third-order valence-electron chi connectivity index (χ3n) is 4.93. The molecule has 0 aliphatic carbocycles. The predicted molar refractivity (Wildman–Crippen MR) is 122 cm³/mol. The average molecular weight is 460 g/mol. The van der Waals surface area contributed by atoms with Gasteiger partial charge in [0.2, 0.25) is 0 Å². The molecule has 33 heavy (non-hydrogen) atoms. The zero-order chi connectivity index (χ0) is 23.5. The van der Waals surface area contributed by atoms with Crippen LogP contribution in [0.25, 0.3) is 11.0 Å². The number of nitrogens with one attached hydrogen (secondary N) is 1. The molecule has 0 bridgehead atoms. The van der Waals surface area contributed by atoms with E-state index in [-0.39, 0.29) is 29.0 Å². The highest BCUT2D eigenvalue weighted by molar-refractivity contribution is 6.30. The monoisotopic (exact) mass is 459 g/mol. The van der Waals surface area contributed by atoms with Gasteiger partial charge < -0.3 is 5.32 Å². The van der Waals surface area contributed by atoms with Crippen molar-refractivity contribution in [3.05, 3.63) is 109 Å². The van der Waals surface area contributed by atoms with Gasteiger partial charge in [-0.2, -0.15) is 5.26 Å². The number of non-ortho nitro benzene ring substituents is 1. The molecule has 1 amide bonds. The molecule has 0 fully saturated rings. The second-order valence-corrected chi connectivity index (χ2v) is 7.48. The first-order valence-electron chi connectivity index (χ1n) is 9.60. The Kier molecular flexibility index (Phi) is 5.85. The second-order valence-electron chi connectivity index (χ2n) is 7.04. The maximum Gasteiger partial charge on any atom is 0.270 e. The number of rotatable bonds is 5. The van der Waals surface area contributed by atoms with E-state index < -0.39 is 16.4 Å². The van der Waals surface area contributed by atoms with Gasteiger partial charge in [0.15, 0.2) is 0 Å². The van der Waals surface area contributed by atoms with Crippen LogP contribution in [0.15, 0.2) is 71.7 Å². The summed E-state index contributed by atoms with van der Waals surface area (Å²) < 4.78 is 1.38. The first-order chi connectivity index (χ1) is 15.9. The van der Waals surface area contributed by atoms with E-state index in [1.807, 2.05) is 6.07 Å². The fourth-order valence-corrected chi connectivity index (χ4v) is 3.45. The molecule has 0 aliphatic rings. The molecule has 2 aromatic heterocycles. The van der Waals surface area contributed by atoms with Crippen LogP contribution in [0.4, 0.5) is 11.4 Å². The van der Waals surface area contributed by atoms with E-state index in [0.29, 0.717) is 16.1 Å². The van der Waals surface area contributed by atoms with Gasteiger partial charge in [0.1, 0.15) is 17.3 Å². The van der Waals surface area contributed by atoms with Gasteiger partial charge in [-0.15, -0.1) is 0 Å². The van der Waals surface area contributed by atoms with Crippen molar-refractivity contribution < 1.29 is 9.72 Å². The Morgan fingerprint density at radius 1 is 1.18 bits per heavy atom. The van der Waals surface area contributed by atoms with Gasteiger partial charge >= 0.3 is 0 Å². The average Bonchev–Trinajstić information content (AvgIpc) is 2.82. The van der Waals surface area contributed by atoms with E-state index in [0.717, 1.165) is 11.6 Å². The molecule has 9 nitrogen and oxygen atoms in total. The molecule has 0 aliphatic heterocycles. The molecule has 2 aromatic carbocycles. The van der Waals surface area contributed by atoms with Crippen LogP contribution in [0.3, 0.4) is 0 Å². The lowest BCUT2D eigenvalue weighted by Crippen LogP contribution is -2.30. The predicted octanol–water partition coefficient (Wildman–Crippen LogP) is 4.13. The summed E-state index contributed by atoms with van der Waals surface area (Å²) in [4.78, 5) is 40.9. The van der Waals surface area contributed by atoms with Crippen LogP contribution in [0.1, 0.15) is 21.5 Å². The minimum atomic E-state index is -0.749. The number of nitro benzene ring substituents is 1. The quantitative estimate of drug-likeness (QED) is 0.352. The van der Waals surface area contributed by atoms with E-state index in [9.17, 15) is 25.0 Å². The van der Waals surface area contributed by atoms with Crippen molar-refractivity contribution in [3.8, 4) is 6.07 Å². The minimum Gasteiger partial charge on any atom is -0.321 e. The maximum atomic E-state index is 13.3. The van der Waals surface area contributed by atoms with Gasteiger partial charge in [0.25, 0.3) is 17.2 Å². The number of nitrogens with zero attached hydrogens (tertiary/aromatic N) is 4. The van der Waals surface area contributed by atoms with Crippen LogP contribution < -0.4 is 10.9 Å². The molecule has 162 valence electrons. The molecule has 1 N–H and O–H groups in total. The van der Waals surface area contributed by atoms with E-state index in [1.165, 1.54) is 22.8 Å². The Hall–Kier alpha value is -4.55. The van der Waals surface area contributed by atoms with Crippen molar-refractivity contribution in [2.45, 2.75) is 6.54 Å². The Bertz CT molecular complexity index is 1510. The lowest BCUT2D eigenvalue weighted by atomic mass is 10.1. The number of amides is 1. The van der Waals surface area contributed by atoms with Gasteiger partial charge in [-0.1, -0.05) is 23.7 Å². The number of benzene rings is 2. The van der Waals surface area contributed by atoms with Crippen LogP contribution in [-0.2, 0) is 6.54 Å². The highest BCUT2D eigenvalue weighted by Gasteiger charge is 2.19. The number of aromatic nitrogens is 2. The normalized spacial score (nSPS) is 10.5. The fraction of sp³-hybridized carbons (Fsp3) is 0.0435. The van der Waals surface area contributed by atoms with Crippen LogP contribution in [0.5, 0.6) is 0 Å². The second kappa shape index (κ2) is 8.90. The van der Waals surface area contributed by atoms with Crippen molar-refractivity contribution in [1.29, 1.82) is 5.26 Å². The third kappa shape index (κ3) is 4.42. The highest BCUT2D eigenvalue weighted by Crippen LogP contribution is 2.22. The summed E-state index contributed by atoms with van der Waals surface area (Å²) >= 11 is 5.94. The number of nitro groups is 1. The van der Waals surface area contributed by atoms with Crippen LogP contribution in [0.2, 0.25) is 5.02 Å². The molecule has 10 heteroatoms. The molecular weight excluding hydrogens is 446 g/mol. The number of halogens is 1. The first-order valence-corrected chi connectivity index (χ1v) is 9.98. The number of nitriles is 1. The van der Waals surface area contributed by atoms with Crippen molar-refractivity contribution in [1.82, 2.24) is 9.55 Å². The van der Waals surface area contributed by atoms with Gasteiger partial charge in [-0.3, -0.25) is 24.3 Å². The highest BCUT2D eigenvalue weighted by atomic mass is 35.5. The zero-order valence-electron chi connectivity index (χ0n) is 16.9. The number of carbonyl (C=O) groups is 1. The maximum absolute atomic E-state index is 13.3. The number of pyridine rings is 2. The fourth-order valence-electron chi connectivity index (χ4n) is 3.33. The van der Waals surface area contributed by atoms with Crippen LogP contribution >= 0.6 is 11.6 Å². The summed E-state index contributed by atoms with van der Waals surface area (Å²) in [6.07, 6.45) is 1.55. The molecule has 2 heterocycles.